The van der Waals surface area contributed by atoms with Crippen LogP contribution in [-0.4, -0.2) is 62.3 Å². The summed E-state index contributed by atoms with van der Waals surface area (Å²) in [6.07, 6.45) is 3.01. The zero-order chi connectivity index (χ0) is 23.4. The number of nitrogens with one attached hydrogen (secondary N) is 1. The first-order valence-electron chi connectivity index (χ1n) is 11.2. The van der Waals surface area contributed by atoms with Crippen LogP contribution in [0.1, 0.15) is 46.4 Å². The summed E-state index contributed by atoms with van der Waals surface area (Å²) in [6, 6.07) is 11.1. The molecule has 0 aromatic heterocycles. The molecule has 1 N–H and O–H groups in total. The van der Waals surface area contributed by atoms with Gasteiger partial charge in [0.05, 0.1) is 37.1 Å². The third-order valence-corrected chi connectivity index (χ3v) is 6.55. The molecule has 2 amide bonds. The minimum atomic E-state index is -0.538. The maximum absolute atomic E-state index is 13.8. The number of halogens is 1. The molecule has 2 fully saturated rings. The lowest BCUT2D eigenvalue weighted by molar-refractivity contribution is -0.0712. The van der Waals surface area contributed by atoms with Crippen LogP contribution in [0, 0.1) is 5.82 Å². The van der Waals surface area contributed by atoms with E-state index in [9.17, 15) is 14.0 Å². The normalized spacial score (nSPS) is 19.4. The Bertz CT molecular complexity index is 1020. The van der Waals surface area contributed by atoms with E-state index in [2.05, 4.69) is 5.32 Å². The summed E-state index contributed by atoms with van der Waals surface area (Å²) >= 11 is 0. The van der Waals surface area contributed by atoms with Crippen LogP contribution in [0.15, 0.2) is 42.5 Å². The van der Waals surface area contributed by atoms with Gasteiger partial charge in [-0.15, -0.1) is 0 Å². The van der Waals surface area contributed by atoms with Crippen LogP contribution in [0.25, 0.3) is 0 Å². The summed E-state index contributed by atoms with van der Waals surface area (Å²) < 4.78 is 30.8. The highest BCUT2D eigenvalue weighted by Crippen LogP contribution is 2.39. The standard InChI is InChI=1S/C25H29FN2O5/c1-31-17-7-8-22(32-2)20(15-17)24(30)28-13-11-25(12-14-28)10-9-18(33-25)16-27-23(29)19-5-3-4-6-21(19)26/h3-8,15,18H,9-14,16H2,1-2H3,(H,27,29)/t18-/m0/s1. The van der Waals surface area contributed by atoms with Gasteiger partial charge in [0.2, 0.25) is 0 Å². The van der Waals surface area contributed by atoms with E-state index in [1.54, 1.807) is 44.6 Å². The zero-order valence-corrected chi connectivity index (χ0v) is 18.9. The van der Waals surface area contributed by atoms with Crippen molar-refractivity contribution in [2.24, 2.45) is 0 Å². The predicted octanol–water partition coefficient (Wildman–Crippen LogP) is 3.43. The average molecular weight is 457 g/mol. The molecule has 1 spiro atoms. The second-order valence-electron chi connectivity index (χ2n) is 8.51. The largest absolute Gasteiger partial charge is 0.497 e. The molecule has 2 aromatic carbocycles. The summed E-state index contributed by atoms with van der Waals surface area (Å²) in [7, 11) is 3.11. The van der Waals surface area contributed by atoms with E-state index in [0.29, 0.717) is 36.7 Å². The van der Waals surface area contributed by atoms with Crippen molar-refractivity contribution in [3.63, 3.8) is 0 Å². The molecular formula is C25H29FN2O5. The van der Waals surface area contributed by atoms with Gasteiger partial charge in [-0.1, -0.05) is 12.1 Å². The lowest BCUT2D eigenvalue weighted by Crippen LogP contribution is -2.47. The minimum Gasteiger partial charge on any atom is -0.497 e. The van der Waals surface area contributed by atoms with Crippen LogP contribution >= 0.6 is 0 Å². The molecule has 0 unspecified atom stereocenters. The second kappa shape index (κ2) is 9.79. The summed E-state index contributed by atoms with van der Waals surface area (Å²) in [4.78, 5) is 27.2. The molecule has 33 heavy (non-hydrogen) atoms. The van der Waals surface area contributed by atoms with Gasteiger partial charge in [-0.25, -0.2) is 4.39 Å². The number of carbonyl (C=O) groups excluding carboxylic acids is 2. The van der Waals surface area contributed by atoms with Crippen molar-refractivity contribution in [1.29, 1.82) is 0 Å². The highest BCUT2D eigenvalue weighted by Gasteiger charge is 2.43. The maximum Gasteiger partial charge on any atom is 0.257 e. The van der Waals surface area contributed by atoms with Crippen LogP contribution < -0.4 is 14.8 Å². The molecule has 176 valence electrons. The van der Waals surface area contributed by atoms with E-state index in [1.807, 2.05) is 4.90 Å². The highest BCUT2D eigenvalue weighted by atomic mass is 19.1. The molecule has 8 heteroatoms. The van der Waals surface area contributed by atoms with E-state index in [1.165, 1.54) is 12.1 Å². The molecule has 2 aromatic rings. The topological polar surface area (TPSA) is 77.1 Å². The van der Waals surface area contributed by atoms with Crippen molar-refractivity contribution in [3.8, 4) is 11.5 Å². The summed E-state index contributed by atoms with van der Waals surface area (Å²) in [5, 5.41) is 2.78. The fraction of sp³-hybridized carbons (Fsp3) is 0.440. The van der Waals surface area contributed by atoms with Crippen LogP contribution in [0.5, 0.6) is 11.5 Å². The minimum absolute atomic E-state index is 0.0324. The fourth-order valence-corrected chi connectivity index (χ4v) is 4.62. The number of amides is 2. The van der Waals surface area contributed by atoms with Crippen molar-refractivity contribution >= 4 is 11.8 Å². The number of methoxy groups -OCH3 is 2. The van der Waals surface area contributed by atoms with E-state index < -0.39 is 11.7 Å². The van der Waals surface area contributed by atoms with Gasteiger partial charge in [0, 0.05) is 19.6 Å². The zero-order valence-electron chi connectivity index (χ0n) is 18.9. The SMILES string of the molecule is COc1ccc(OC)c(C(=O)N2CCC3(CC[C@@H](CNC(=O)c4ccccc4F)O3)CC2)c1. The van der Waals surface area contributed by atoms with Gasteiger partial charge in [0.25, 0.3) is 11.8 Å². The molecule has 2 aliphatic rings. The number of nitrogens with zero attached hydrogens (tertiary/aromatic N) is 1. The monoisotopic (exact) mass is 456 g/mol. The van der Waals surface area contributed by atoms with Gasteiger partial charge >= 0.3 is 0 Å². The predicted molar refractivity (Wildman–Crippen MR) is 120 cm³/mol. The second-order valence-corrected chi connectivity index (χ2v) is 8.51. The van der Waals surface area contributed by atoms with Gasteiger partial charge in [0.15, 0.2) is 0 Å². The first-order valence-corrected chi connectivity index (χ1v) is 11.2. The van der Waals surface area contributed by atoms with E-state index in [-0.39, 0.29) is 23.2 Å². The molecule has 1 atom stereocenters. The maximum atomic E-state index is 13.8. The molecule has 2 aliphatic heterocycles. The van der Waals surface area contributed by atoms with Crippen molar-refractivity contribution in [1.82, 2.24) is 10.2 Å². The number of hydrogen-bond acceptors (Lipinski definition) is 5. The Morgan fingerprint density at radius 3 is 2.55 bits per heavy atom. The van der Waals surface area contributed by atoms with Gasteiger partial charge in [-0.05, 0) is 56.0 Å². The molecule has 4 rings (SSSR count). The van der Waals surface area contributed by atoms with Gasteiger partial charge in [-0.2, -0.15) is 0 Å². The smallest absolute Gasteiger partial charge is 0.257 e. The van der Waals surface area contributed by atoms with E-state index in [4.69, 9.17) is 14.2 Å². The Morgan fingerprint density at radius 1 is 1.09 bits per heavy atom. The number of carbonyl (C=O) groups is 2. The molecular weight excluding hydrogens is 427 g/mol. The summed E-state index contributed by atoms with van der Waals surface area (Å²) in [5.74, 6) is 0.0528. The van der Waals surface area contributed by atoms with Gasteiger partial charge < -0.3 is 24.4 Å². The Kier molecular flexibility index (Phi) is 6.83. The number of hydrogen-bond donors (Lipinski definition) is 1. The number of benzene rings is 2. The molecule has 2 heterocycles. The summed E-state index contributed by atoms with van der Waals surface area (Å²) in [5.41, 5.74) is 0.224. The van der Waals surface area contributed by atoms with Crippen molar-refractivity contribution in [2.45, 2.75) is 37.4 Å². The Balaban J connectivity index is 1.31. The molecule has 0 saturated carbocycles. The van der Waals surface area contributed by atoms with Crippen molar-refractivity contribution in [3.05, 3.63) is 59.4 Å². The van der Waals surface area contributed by atoms with Gasteiger partial charge in [-0.3, -0.25) is 9.59 Å². The van der Waals surface area contributed by atoms with E-state index in [0.717, 1.165) is 25.7 Å². The summed E-state index contributed by atoms with van der Waals surface area (Å²) in [6.45, 7) is 1.49. The third-order valence-electron chi connectivity index (χ3n) is 6.55. The van der Waals surface area contributed by atoms with Crippen LogP contribution in [0.3, 0.4) is 0 Å². The molecule has 0 aliphatic carbocycles. The number of rotatable bonds is 6. The molecule has 0 radical (unpaired) electrons. The number of piperidine rings is 1. The Labute approximate surface area is 192 Å². The first kappa shape index (κ1) is 23.0. The lowest BCUT2D eigenvalue weighted by atomic mass is 9.88. The highest BCUT2D eigenvalue weighted by molar-refractivity contribution is 5.97. The van der Waals surface area contributed by atoms with Crippen LogP contribution in [0.4, 0.5) is 4.39 Å². The van der Waals surface area contributed by atoms with Crippen molar-refractivity contribution in [2.75, 3.05) is 33.9 Å². The molecule has 2 saturated heterocycles. The Morgan fingerprint density at radius 2 is 1.85 bits per heavy atom. The molecule has 7 nitrogen and oxygen atoms in total. The number of likely N-dealkylation sites (tertiary alicyclic amines) is 1. The van der Waals surface area contributed by atoms with Crippen molar-refractivity contribution < 1.29 is 28.2 Å². The quantitative estimate of drug-likeness (QED) is 0.721. The first-order chi connectivity index (χ1) is 15.9. The number of ether oxygens (including phenoxy) is 3. The fourth-order valence-electron chi connectivity index (χ4n) is 4.62. The van der Waals surface area contributed by atoms with Gasteiger partial charge in [0.1, 0.15) is 17.3 Å². The lowest BCUT2D eigenvalue weighted by Gasteiger charge is -2.39. The van der Waals surface area contributed by atoms with E-state index >= 15 is 0 Å². The Hall–Kier alpha value is -3.13. The van der Waals surface area contributed by atoms with Crippen LogP contribution in [0.2, 0.25) is 0 Å². The average Bonchev–Trinajstić information content (AvgIpc) is 3.24. The molecule has 0 bridgehead atoms. The van der Waals surface area contributed by atoms with Crippen LogP contribution in [-0.2, 0) is 4.74 Å². The third kappa shape index (κ3) is 4.95.